The molecule has 0 atom stereocenters. The van der Waals surface area contributed by atoms with Crippen molar-refractivity contribution in [3.8, 4) is 6.07 Å². The van der Waals surface area contributed by atoms with Gasteiger partial charge in [-0.05, 0) is 24.5 Å². The van der Waals surface area contributed by atoms with Crippen molar-refractivity contribution in [1.29, 1.82) is 0 Å². The number of hydrogen-bond acceptors (Lipinski definition) is 2. The van der Waals surface area contributed by atoms with Gasteiger partial charge in [0.15, 0.2) is 0 Å². The number of benzene rings is 1. The summed E-state index contributed by atoms with van der Waals surface area (Å²) in [6.45, 7) is 0. The third-order valence-electron chi connectivity index (χ3n) is 1.69. The minimum Gasteiger partial charge on any atom is -0.498 e. The van der Waals surface area contributed by atoms with Gasteiger partial charge in [-0.3, -0.25) is 0 Å². The minimum absolute atomic E-state index is 0.269. The van der Waals surface area contributed by atoms with E-state index in [1.54, 1.807) is 6.26 Å². The number of rotatable bonds is 1. The third-order valence-corrected chi connectivity index (χ3v) is 2.47. The van der Waals surface area contributed by atoms with Gasteiger partial charge >= 0.3 is 12.2 Å². The molecule has 0 fully saturated rings. The van der Waals surface area contributed by atoms with Crippen molar-refractivity contribution in [2.75, 3.05) is 6.26 Å². The topological polar surface area (TPSA) is 27.4 Å². The molecule has 80 valence electrons. The van der Waals surface area contributed by atoms with Crippen molar-refractivity contribution in [2.24, 2.45) is 0 Å². The molecule has 0 unspecified atom stereocenters. The molecule has 1 aromatic carbocycles. The molecule has 0 amide bonds. The van der Waals surface area contributed by atoms with Crippen LogP contribution in [0.25, 0.3) is 5.01 Å². The lowest BCUT2D eigenvalue weighted by atomic mass is 10.1. The molecule has 1 aromatic rings. The first kappa shape index (κ1) is 11.7. The monoisotopic (exact) mass is 233 g/mol. The highest BCUT2D eigenvalue weighted by Crippen LogP contribution is 2.32. The molecule has 6 heteroatoms. The van der Waals surface area contributed by atoms with Crippen molar-refractivity contribution in [1.82, 2.24) is 0 Å². The van der Waals surface area contributed by atoms with Crippen LogP contribution in [0.1, 0.15) is 11.1 Å². The SMILES string of the molecule is CSc1cc(C(F)(F)F)ccc1C#[N+][O-]. The summed E-state index contributed by atoms with van der Waals surface area (Å²) in [4.78, 5) is 0.324. The van der Waals surface area contributed by atoms with E-state index in [1.807, 2.05) is 0 Å². The van der Waals surface area contributed by atoms with Gasteiger partial charge in [0.1, 0.15) is 5.56 Å². The second-order valence-electron chi connectivity index (χ2n) is 2.62. The van der Waals surface area contributed by atoms with E-state index in [0.717, 1.165) is 23.9 Å². The van der Waals surface area contributed by atoms with Crippen LogP contribution in [0.5, 0.6) is 0 Å². The molecule has 0 aliphatic rings. The molecule has 0 N–H and O–H groups in total. The average molecular weight is 233 g/mol. The van der Waals surface area contributed by atoms with Crippen molar-refractivity contribution in [3.63, 3.8) is 0 Å². The van der Waals surface area contributed by atoms with Gasteiger partial charge in [-0.1, -0.05) is 0 Å². The van der Waals surface area contributed by atoms with Gasteiger partial charge in [0.2, 0.25) is 0 Å². The third kappa shape index (κ3) is 2.80. The Hall–Kier alpha value is -1.35. The molecular formula is C9H6F3NOS. The van der Waals surface area contributed by atoms with Gasteiger partial charge < -0.3 is 5.21 Å². The van der Waals surface area contributed by atoms with Crippen LogP contribution in [0, 0.1) is 11.3 Å². The lowest BCUT2D eigenvalue weighted by molar-refractivity contribution is -0.137. The van der Waals surface area contributed by atoms with Crippen LogP contribution in [-0.2, 0) is 6.18 Å². The fraction of sp³-hybridized carbons (Fsp3) is 0.222. The lowest BCUT2D eigenvalue weighted by Crippen LogP contribution is -2.05. The summed E-state index contributed by atoms with van der Waals surface area (Å²) < 4.78 is 36.9. The fourth-order valence-electron chi connectivity index (χ4n) is 1.01. The van der Waals surface area contributed by atoms with Crippen molar-refractivity contribution in [3.05, 3.63) is 39.5 Å². The number of halogens is 3. The molecule has 0 aromatic heterocycles. The van der Waals surface area contributed by atoms with E-state index in [4.69, 9.17) is 0 Å². The maximum absolute atomic E-state index is 12.3. The summed E-state index contributed by atoms with van der Waals surface area (Å²) in [6, 6.07) is 5.13. The average Bonchev–Trinajstić information content (AvgIpc) is 2.17. The number of thioether (sulfide) groups is 1. The molecule has 0 spiro atoms. The number of alkyl halides is 3. The smallest absolute Gasteiger partial charge is 0.416 e. The van der Waals surface area contributed by atoms with Crippen LogP contribution >= 0.6 is 11.8 Å². The van der Waals surface area contributed by atoms with E-state index in [9.17, 15) is 18.4 Å². The van der Waals surface area contributed by atoms with Gasteiger partial charge in [-0.2, -0.15) is 13.2 Å². The Kier molecular flexibility index (Phi) is 3.48. The molecule has 2 nitrogen and oxygen atoms in total. The highest BCUT2D eigenvalue weighted by Gasteiger charge is 2.31. The fourth-order valence-corrected chi connectivity index (χ4v) is 1.59. The number of nitrogens with zero attached hydrogens (tertiary/aromatic N) is 1. The summed E-state index contributed by atoms with van der Waals surface area (Å²) in [6.07, 6.45) is -2.76. The van der Waals surface area contributed by atoms with Crippen molar-refractivity contribution < 1.29 is 13.2 Å². The van der Waals surface area contributed by atoms with E-state index < -0.39 is 11.7 Å². The quantitative estimate of drug-likeness (QED) is 0.547. The Bertz CT molecular complexity index is 420. The summed E-state index contributed by atoms with van der Waals surface area (Å²) in [5, 5.41) is 12.3. The molecule has 0 aliphatic carbocycles. The highest BCUT2D eigenvalue weighted by molar-refractivity contribution is 7.98. The van der Waals surface area contributed by atoms with Gasteiger partial charge in [-0.25, -0.2) is 0 Å². The maximum Gasteiger partial charge on any atom is 0.416 e. The first-order valence-electron chi connectivity index (χ1n) is 3.82. The second kappa shape index (κ2) is 4.45. The zero-order chi connectivity index (χ0) is 11.5. The number of hydrogen-bond donors (Lipinski definition) is 0. The summed E-state index contributed by atoms with van der Waals surface area (Å²) in [5.74, 6) is 0. The van der Waals surface area contributed by atoms with E-state index in [0.29, 0.717) is 4.90 Å². The Labute approximate surface area is 88.5 Å². The minimum atomic E-state index is -4.38. The first-order valence-corrected chi connectivity index (χ1v) is 5.05. The zero-order valence-electron chi connectivity index (χ0n) is 7.63. The van der Waals surface area contributed by atoms with Crippen molar-refractivity contribution in [2.45, 2.75) is 11.1 Å². The van der Waals surface area contributed by atoms with Crippen molar-refractivity contribution >= 4 is 11.8 Å². The second-order valence-corrected chi connectivity index (χ2v) is 3.46. The molecule has 15 heavy (non-hydrogen) atoms. The Balaban J connectivity index is 3.23. The van der Waals surface area contributed by atoms with Crippen LogP contribution in [0.2, 0.25) is 0 Å². The molecule has 0 bridgehead atoms. The summed E-state index contributed by atoms with van der Waals surface area (Å²) in [7, 11) is 0. The zero-order valence-corrected chi connectivity index (χ0v) is 8.45. The van der Waals surface area contributed by atoms with Gasteiger partial charge in [-0.15, -0.1) is 11.8 Å². The van der Waals surface area contributed by atoms with Gasteiger partial charge in [0.25, 0.3) is 0 Å². The van der Waals surface area contributed by atoms with Crippen LogP contribution in [0.4, 0.5) is 13.2 Å². The maximum atomic E-state index is 12.3. The van der Waals surface area contributed by atoms with Crippen LogP contribution in [0.15, 0.2) is 23.1 Å². The van der Waals surface area contributed by atoms with E-state index in [-0.39, 0.29) is 5.56 Å². The van der Waals surface area contributed by atoms with Gasteiger partial charge in [0.05, 0.1) is 5.56 Å². The Morgan fingerprint density at radius 1 is 1.40 bits per heavy atom. The predicted molar refractivity (Wildman–Crippen MR) is 52.9 cm³/mol. The van der Waals surface area contributed by atoms with Gasteiger partial charge in [0, 0.05) is 9.90 Å². The molecule has 0 saturated heterocycles. The highest BCUT2D eigenvalue weighted by atomic mass is 32.2. The van der Waals surface area contributed by atoms with E-state index >= 15 is 0 Å². The molecule has 0 saturated carbocycles. The molecule has 1 rings (SSSR count). The lowest BCUT2D eigenvalue weighted by Gasteiger charge is -2.07. The predicted octanol–water partition coefficient (Wildman–Crippen LogP) is 3.61. The molecule has 0 radical (unpaired) electrons. The van der Waals surface area contributed by atoms with Crippen LogP contribution in [-0.4, -0.2) is 6.26 Å². The molecular weight excluding hydrogens is 227 g/mol. The summed E-state index contributed by atoms with van der Waals surface area (Å²) in [5.41, 5.74) is -0.478. The molecule has 0 heterocycles. The largest absolute Gasteiger partial charge is 0.498 e. The Morgan fingerprint density at radius 2 is 2.07 bits per heavy atom. The molecule has 0 aliphatic heterocycles. The first-order chi connectivity index (χ1) is 6.99. The normalized spacial score (nSPS) is 10.7. The standard InChI is InChI=1S/C9H6F3NOS/c1-15-8-4-7(9(10,11)12)3-2-6(8)5-13-14/h2-4H,1H3. The van der Waals surface area contributed by atoms with E-state index in [2.05, 4.69) is 11.1 Å². The Morgan fingerprint density at radius 3 is 2.53 bits per heavy atom. The summed E-state index contributed by atoms with van der Waals surface area (Å²) >= 11 is 1.10. The van der Waals surface area contributed by atoms with E-state index in [1.165, 1.54) is 6.07 Å². The van der Waals surface area contributed by atoms with Crippen LogP contribution in [0.3, 0.4) is 0 Å². The van der Waals surface area contributed by atoms with Crippen LogP contribution < -0.4 is 0 Å².